The first kappa shape index (κ1) is 25.9. The summed E-state index contributed by atoms with van der Waals surface area (Å²) in [7, 11) is 0. The van der Waals surface area contributed by atoms with Crippen molar-refractivity contribution in [1.29, 1.82) is 0 Å². The number of carbonyl (C=O) groups is 2. The molecule has 3 heterocycles. The smallest absolute Gasteiger partial charge is 0.261 e. The molecule has 216 valence electrons. The summed E-state index contributed by atoms with van der Waals surface area (Å²) in [6.07, 6.45) is 12.1. The van der Waals surface area contributed by atoms with Gasteiger partial charge in [-0.2, -0.15) is 0 Å². The van der Waals surface area contributed by atoms with E-state index < -0.39 is 0 Å². The van der Waals surface area contributed by atoms with E-state index in [0.717, 1.165) is 50.0 Å². The molecule has 8 rings (SSSR count). The van der Waals surface area contributed by atoms with Gasteiger partial charge in [-0.1, -0.05) is 39.8 Å². The first-order valence-corrected chi connectivity index (χ1v) is 16.4. The van der Waals surface area contributed by atoms with Crippen LogP contribution < -0.4 is 0 Å². The minimum atomic E-state index is -0.335. The first-order valence-electron chi connectivity index (χ1n) is 16.4. The molecule has 1 spiro atoms. The minimum Gasteiger partial charge on any atom is -0.349 e. The maximum atomic E-state index is 13.3. The highest BCUT2D eigenvalue weighted by Gasteiger charge is 2.69. The van der Waals surface area contributed by atoms with Gasteiger partial charge in [-0.15, -0.1) is 0 Å². The van der Waals surface area contributed by atoms with Crippen molar-refractivity contribution in [3.05, 3.63) is 35.4 Å². The molecule has 2 saturated heterocycles. The third-order valence-electron chi connectivity index (χ3n) is 14.1. The Morgan fingerprint density at radius 3 is 2.25 bits per heavy atom. The van der Waals surface area contributed by atoms with Crippen molar-refractivity contribution < 1.29 is 19.1 Å². The van der Waals surface area contributed by atoms with Crippen LogP contribution in [0.5, 0.6) is 0 Å². The van der Waals surface area contributed by atoms with Gasteiger partial charge in [0, 0.05) is 18.4 Å². The van der Waals surface area contributed by atoms with Gasteiger partial charge >= 0.3 is 0 Å². The predicted molar refractivity (Wildman–Crippen MR) is 152 cm³/mol. The van der Waals surface area contributed by atoms with Crippen LogP contribution in [-0.4, -0.2) is 41.3 Å². The van der Waals surface area contributed by atoms with E-state index in [-0.39, 0.29) is 23.6 Å². The Morgan fingerprint density at radius 1 is 0.825 bits per heavy atom. The molecule has 4 saturated carbocycles. The Hall–Kier alpha value is -1.72. The Balaban J connectivity index is 1.00. The van der Waals surface area contributed by atoms with Crippen molar-refractivity contribution >= 4 is 11.8 Å². The van der Waals surface area contributed by atoms with Gasteiger partial charge in [0.15, 0.2) is 5.79 Å². The van der Waals surface area contributed by atoms with Crippen LogP contribution in [0.3, 0.4) is 0 Å². The number of benzene rings is 1. The molecule has 7 aliphatic rings. The molecule has 3 aliphatic heterocycles. The molecule has 5 heteroatoms. The van der Waals surface area contributed by atoms with Crippen molar-refractivity contribution in [3.63, 3.8) is 0 Å². The highest BCUT2D eigenvalue weighted by Crippen LogP contribution is 2.71. The van der Waals surface area contributed by atoms with Crippen LogP contribution in [0.15, 0.2) is 24.3 Å². The van der Waals surface area contributed by atoms with Gasteiger partial charge in [0.1, 0.15) is 0 Å². The quantitative estimate of drug-likeness (QED) is 0.353. The lowest BCUT2D eigenvalue weighted by Gasteiger charge is -2.61. The molecule has 0 aromatic heterocycles. The van der Waals surface area contributed by atoms with E-state index in [1.807, 2.05) is 24.3 Å². The van der Waals surface area contributed by atoms with E-state index in [4.69, 9.17) is 9.47 Å². The van der Waals surface area contributed by atoms with E-state index in [1.165, 1.54) is 38.5 Å². The molecule has 5 nitrogen and oxygen atoms in total. The second-order valence-electron chi connectivity index (χ2n) is 15.6. The minimum absolute atomic E-state index is 0.0466. The SMILES string of the molecule is C[C@H]1CC[C@@]2(OC1)O[C@H]1C[C@H]3[C@@H]4CC[C@@H]5C[C@@H](N6C(=O)c7ccccc7C6=O)CC[C@]5(C)[C@H]4CC[C@]3(C)C1[C@@H]2C. The van der Waals surface area contributed by atoms with Gasteiger partial charge in [0.05, 0.1) is 23.8 Å². The monoisotopic (exact) mass is 545 g/mol. The van der Waals surface area contributed by atoms with Crippen LogP contribution in [0.4, 0.5) is 0 Å². The largest absolute Gasteiger partial charge is 0.349 e. The Bertz CT molecular complexity index is 1200. The van der Waals surface area contributed by atoms with E-state index >= 15 is 0 Å². The standard InChI is InChI=1S/C35H47NO4/c1-20-11-16-35(39-19-20)21(2)30-29(40-35)18-28-26-10-9-22-17-23(12-14-33(22,3)27(26)13-15-34(28,30)4)36-31(37)24-7-5-6-8-25(24)32(36)38/h5-8,20-23,26-30H,9-19H2,1-4H3/t20-,21-,22+,23-,26+,27-,28-,29-,30?,33-,34-,35+/m0/s1. The third kappa shape index (κ3) is 3.28. The van der Waals surface area contributed by atoms with Crippen molar-refractivity contribution in [1.82, 2.24) is 4.90 Å². The molecule has 6 fully saturated rings. The maximum Gasteiger partial charge on any atom is 0.261 e. The summed E-state index contributed by atoms with van der Waals surface area (Å²) in [5.41, 5.74) is 1.85. The Kier molecular flexibility index (Phi) is 5.62. The van der Waals surface area contributed by atoms with Crippen LogP contribution >= 0.6 is 0 Å². The van der Waals surface area contributed by atoms with Crippen molar-refractivity contribution in [2.45, 2.75) is 110 Å². The highest BCUT2D eigenvalue weighted by molar-refractivity contribution is 6.21. The highest BCUT2D eigenvalue weighted by atomic mass is 16.7. The number of imide groups is 1. The number of rotatable bonds is 1. The number of nitrogens with zero attached hydrogens (tertiary/aromatic N) is 1. The van der Waals surface area contributed by atoms with Crippen molar-refractivity contribution in [3.8, 4) is 0 Å². The third-order valence-corrected chi connectivity index (χ3v) is 14.1. The number of amides is 2. The number of hydrogen-bond donors (Lipinski definition) is 0. The molecule has 1 aromatic rings. The van der Waals surface area contributed by atoms with Crippen LogP contribution in [0.2, 0.25) is 0 Å². The van der Waals surface area contributed by atoms with Crippen LogP contribution in [0, 0.1) is 52.3 Å². The molecule has 12 atom stereocenters. The van der Waals surface area contributed by atoms with Gasteiger partial charge in [0.25, 0.3) is 11.8 Å². The topological polar surface area (TPSA) is 55.8 Å². The van der Waals surface area contributed by atoms with E-state index in [2.05, 4.69) is 27.7 Å². The van der Waals surface area contributed by atoms with Gasteiger partial charge < -0.3 is 9.47 Å². The number of fused-ring (bicyclic) bond motifs is 8. The van der Waals surface area contributed by atoms with E-state index in [9.17, 15) is 9.59 Å². The lowest BCUT2D eigenvalue weighted by atomic mass is 9.44. The molecule has 1 aromatic carbocycles. The second kappa shape index (κ2) is 8.66. The molecule has 0 radical (unpaired) electrons. The number of hydrogen-bond acceptors (Lipinski definition) is 4. The van der Waals surface area contributed by atoms with Crippen LogP contribution in [-0.2, 0) is 9.47 Å². The molecule has 0 bridgehead atoms. The van der Waals surface area contributed by atoms with Crippen LogP contribution in [0.25, 0.3) is 0 Å². The molecule has 1 unspecified atom stereocenters. The fraction of sp³-hybridized carbons (Fsp3) is 0.771. The van der Waals surface area contributed by atoms with Crippen molar-refractivity contribution in [2.24, 2.45) is 52.3 Å². The van der Waals surface area contributed by atoms with Gasteiger partial charge in [-0.3, -0.25) is 14.5 Å². The predicted octanol–water partition coefficient (Wildman–Crippen LogP) is 7.10. The summed E-state index contributed by atoms with van der Waals surface area (Å²) in [5.74, 6) is 4.12. The van der Waals surface area contributed by atoms with E-state index in [1.54, 1.807) is 4.90 Å². The lowest BCUT2D eigenvalue weighted by molar-refractivity contribution is -0.273. The molecule has 40 heavy (non-hydrogen) atoms. The molecule has 0 N–H and O–H groups in total. The number of ether oxygens (including phenoxy) is 2. The zero-order chi connectivity index (χ0) is 27.6. The average molecular weight is 546 g/mol. The Labute approximate surface area is 239 Å². The lowest BCUT2D eigenvalue weighted by Crippen LogP contribution is -2.56. The normalized spacial score (nSPS) is 51.3. The van der Waals surface area contributed by atoms with E-state index in [0.29, 0.717) is 51.7 Å². The van der Waals surface area contributed by atoms with Gasteiger partial charge in [-0.25, -0.2) is 0 Å². The second-order valence-corrected chi connectivity index (χ2v) is 15.6. The molecule has 2 amide bonds. The van der Waals surface area contributed by atoms with Gasteiger partial charge in [-0.05, 0) is 116 Å². The molecular weight excluding hydrogens is 498 g/mol. The first-order chi connectivity index (χ1) is 19.2. The summed E-state index contributed by atoms with van der Waals surface area (Å²) in [6.45, 7) is 10.8. The molecular formula is C35H47NO4. The fourth-order valence-electron chi connectivity index (χ4n) is 12.0. The Morgan fingerprint density at radius 2 is 1.55 bits per heavy atom. The van der Waals surface area contributed by atoms with Crippen molar-refractivity contribution in [2.75, 3.05) is 6.61 Å². The fourth-order valence-corrected chi connectivity index (χ4v) is 12.0. The number of carbonyl (C=O) groups excluding carboxylic acids is 2. The molecule has 4 aliphatic carbocycles. The summed E-state index contributed by atoms with van der Waals surface area (Å²) in [6, 6.07) is 7.42. The zero-order valence-electron chi connectivity index (χ0n) is 24.9. The summed E-state index contributed by atoms with van der Waals surface area (Å²) < 4.78 is 13.5. The average Bonchev–Trinajstić information content (AvgIpc) is 3.50. The summed E-state index contributed by atoms with van der Waals surface area (Å²) in [5, 5.41) is 0. The summed E-state index contributed by atoms with van der Waals surface area (Å²) in [4.78, 5) is 28.2. The van der Waals surface area contributed by atoms with Crippen LogP contribution in [0.1, 0.15) is 113 Å². The maximum absolute atomic E-state index is 13.3. The van der Waals surface area contributed by atoms with Gasteiger partial charge in [0.2, 0.25) is 0 Å². The zero-order valence-corrected chi connectivity index (χ0v) is 24.9. The summed E-state index contributed by atoms with van der Waals surface area (Å²) >= 11 is 0.